The van der Waals surface area contributed by atoms with E-state index >= 15 is 0 Å². The second kappa shape index (κ2) is 7.33. The number of rotatable bonds is 5. The van der Waals surface area contributed by atoms with E-state index in [1.165, 1.54) is 5.56 Å². The summed E-state index contributed by atoms with van der Waals surface area (Å²) >= 11 is 0. The van der Waals surface area contributed by atoms with Crippen LogP contribution in [0.2, 0.25) is 0 Å². The second-order valence-corrected chi connectivity index (χ2v) is 6.39. The Bertz CT molecular complexity index is 1060. The molecule has 5 heteroatoms. The Kier molecular flexibility index (Phi) is 4.58. The molecule has 4 rings (SSSR count). The molecule has 0 bridgehead atoms. The van der Waals surface area contributed by atoms with Crippen LogP contribution in [0.4, 0.5) is 4.79 Å². The van der Waals surface area contributed by atoms with Gasteiger partial charge in [0.2, 0.25) is 0 Å². The Balaban J connectivity index is 1.69. The lowest BCUT2D eigenvalue weighted by Gasteiger charge is -2.21. The fraction of sp³-hybridized carbons (Fsp3) is 0.0909. The van der Waals surface area contributed by atoms with Crippen LogP contribution in [0.15, 0.2) is 85.3 Å². The number of carbonyl (C=O) groups is 1. The largest absolute Gasteiger partial charge is 0.530 e. The summed E-state index contributed by atoms with van der Waals surface area (Å²) in [5.41, 5.74) is 4.01. The van der Waals surface area contributed by atoms with Crippen LogP contribution in [-0.2, 0) is 6.54 Å². The molecule has 0 aliphatic heterocycles. The number of benzene rings is 2. The van der Waals surface area contributed by atoms with Gasteiger partial charge in [-0.15, -0.1) is 0 Å². The first kappa shape index (κ1) is 16.8. The monoisotopic (exact) mass is 356 g/mol. The summed E-state index contributed by atoms with van der Waals surface area (Å²) < 4.78 is 2.16. The smallest absolute Gasteiger partial charge is 0.134 e. The van der Waals surface area contributed by atoms with Gasteiger partial charge in [0, 0.05) is 30.7 Å². The molecule has 2 heterocycles. The van der Waals surface area contributed by atoms with Crippen molar-refractivity contribution in [2.24, 2.45) is 0 Å². The Hall–Kier alpha value is -3.60. The summed E-state index contributed by atoms with van der Waals surface area (Å²) in [6.07, 6.45) is 4.32. The lowest BCUT2D eigenvalue weighted by molar-refractivity contribution is -0.251. The van der Waals surface area contributed by atoms with Crippen molar-refractivity contribution in [2.75, 3.05) is 0 Å². The first-order valence-corrected chi connectivity index (χ1v) is 8.71. The summed E-state index contributed by atoms with van der Waals surface area (Å²) in [5, 5.41) is 14.8. The molecule has 4 aromatic rings. The van der Waals surface area contributed by atoms with E-state index in [-0.39, 0.29) is 0 Å². The van der Waals surface area contributed by atoms with E-state index in [1.54, 1.807) is 12.4 Å². The van der Waals surface area contributed by atoms with Crippen LogP contribution in [0.3, 0.4) is 0 Å². The van der Waals surface area contributed by atoms with E-state index in [2.05, 4.69) is 14.9 Å². The molecule has 0 aliphatic carbocycles. The highest BCUT2D eigenvalue weighted by atomic mass is 16.4. The van der Waals surface area contributed by atoms with Gasteiger partial charge < -0.3 is 19.8 Å². The SMILES string of the molecule is O=C([O-])NC(c1ccccc1)c1ccc2c(ccn2Cc2ccncc2)c1. The zero-order valence-electron chi connectivity index (χ0n) is 14.6. The quantitative estimate of drug-likeness (QED) is 0.597. The molecule has 2 aromatic heterocycles. The Morgan fingerprint density at radius 1 is 1.00 bits per heavy atom. The van der Waals surface area contributed by atoms with Crippen molar-refractivity contribution in [3.8, 4) is 0 Å². The molecular weight excluding hydrogens is 338 g/mol. The van der Waals surface area contributed by atoms with Gasteiger partial charge >= 0.3 is 0 Å². The molecule has 5 nitrogen and oxygen atoms in total. The minimum Gasteiger partial charge on any atom is -0.530 e. The standard InChI is InChI=1S/C22H19N3O2/c26-22(27)24-21(17-4-2-1-3-5-17)19-6-7-20-18(14-19)10-13-25(20)15-16-8-11-23-12-9-16/h1-14,21,24H,15H2,(H,26,27)/p-1. The number of fused-ring (bicyclic) bond motifs is 1. The predicted octanol–water partition coefficient (Wildman–Crippen LogP) is 3.11. The Labute approximate surface area is 156 Å². The van der Waals surface area contributed by atoms with Crippen LogP contribution < -0.4 is 10.4 Å². The number of amides is 1. The summed E-state index contributed by atoms with van der Waals surface area (Å²) in [7, 11) is 0. The van der Waals surface area contributed by atoms with Gasteiger partial charge in [-0.05, 0) is 52.4 Å². The number of pyridine rings is 1. The van der Waals surface area contributed by atoms with E-state index in [9.17, 15) is 9.90 Å². The molecule has 27 heavy (non-hydrogen) atoms. The van der Waals surface area contributed by atoms with Gasteiger partial charge in [0.05, 0.1) is 6.04 Å². The van der Waals surface area contributed by atoms with Crippen LogP contribution >= 0.6 is 0 Å². The van der Waals surface area contributed by atoms with E-state index < -0.39 is 12.1 Å². The van der Waals surface area contributed by atoms with Gasteiger partial charge in [0.25, 0.3) is 0 Å². The fourth-order valence-electron chi connectivity index (χ4n) is 3.34. The average Bonchev–Trinajstić information content (AvgIpc) is 3.09. The molecule has 2 aromatic carbocycles. The minimum absolute atomic E-state index is 0.468. The third kappa shape index (κ3) is 3.67. The summed E-state index contributed by atoms with van der Waals surface area (Å²) in [6.45, 7) is 0.755. The number of hydrogen-bond donors (Lipinski definition) is 1. The first-order chi connectivity index (χ1) is 13.2. The normalized spacial score (nSPS) is 12.0. The van der Waals surface area contributed by atoms with Gasteiger partial charge in [0.1, 0.15) is 6.09 Å². The molecule has 1 amide bonds. The molecular formula is C22H18N3O2-. The molecule has 0 saturated heterocycles. The van der Waals surface area contributed by atoms with Gasteiger partial charge in [-0.3, -0.25) is 4.98 Å². The van der Waals surface area contributed by atoms with E-state index in [0.717, 1.165) is 28.6 Å². The topological polar surface area (TPSA) is 70.0 Å². The zero-order valence-corrected chi connectivity index (χ0v) is 14.6. The first-order valence-electron chi connectivity index (χ1n) is 8.71. The minimum atomic E-state index is -1.29. The number of nitrogens with zero attached hydrogens (tertiary/aromatic N) is 2. The Morgan fingerprint density at radius 3 is 2.52 bits per heavy atom. The van der Waals surface area contributed by atoms with Crippen molar-refractivity contribution in [1.29, 1.82) is 0 Å². The maximum atomic E-state index is 11.2. The molecule has 0 saturated carbocycles. The van der Waals surface area contributed by atoms with E-state index in [4.69, 9.17) is 0 Å². The van der Waals surface area contributed by atoms with Gasteiger partial charge in [-0.2, -0.15) is 0 Å². The number of carboxylic acid groups (broad SMARTS) is 1. The molecule has 1 atom stereocenters. The van der Waals surface area contributed by atoms with Crippen LogP contribution in [0.1, 0.15) is 22.7 Å². The van der Waals surface area contributed by atoms with Gasteiger partial charge in [-0.1, -0.05) is 36.4 Å². The molecule has 1 unspecified atom stereocenters. The number of aromatic nitrogens is 2. The maximum absolute atomic E-state index is 11.2. The van der Waals surface area contributed by atoms with Crippen molar-refractivity contribution in [1.82, 2.24) is 14.9 Å². The third-order valence-electron chi connectivity index (χ3n) is 4.63. The van der Waals surface area contributed by atoms with Crippen molar-refractivity contribution >= 4 is 17.0 Å². The average molecular weight is 356 g/mol. The Morgan fingerprint density at radius 2 is 1.78 bits per heavy atom. The van der Waals surface area contributed by atoms with Crippen molar-refractivity contribution in [3.63, 3.8) is 0 Å². The molecule has 0 radical (unpaired) electrons. The summed E-state index contributed by atoms with van der Waals surface area (Å²) in [5.74, 6) is 0. The number of carbonyl (C=O) groups excluding carboxylic acids is 1. The van der Waals surface area contributed by atoms with E-state index in [0.29, 0.717) is 0 Å². The maximum Gasteiger partial charge on any atom is 0.134 e. The second-order valence-electron chi connectivity index (χ2n) is 6.39. The molecule has 0 aliphatic rings. The lowest BCUT2D eigenvalue weighted by Crippen LogP contribution is -2.39. The van der Waals surface area contributed by atoms with Crippen molar-refractivity contribution < 1.29 is 9.90 Å². The molecule has 0 spiro atoms. The van der Waals surface area contributed by atoms with Crippen LogP contribution in [0.25, 0.3) is 10.9 Å². The van der Waals surface area contributed by atoms with Crippen LogP contribution in [0.5, 0.6) is 0 Å². The number of hydrogen-bond acceptors (Lipinski definition) is 3. The summed E-state index contributed by atoms with van der Waals surface area (Å²) in [6, 6.07) is 21.1. The van der Waals surface area contributed by atoms with Crippen LogP contribution in [0, 0.1) is 0 Å². The van der Waals surface area contributed by atoms with Gasteiger partial charge in [-0.25, -0.2) is 0 Å². The van der Waals surface area contributed by atoms with Crippen molar-refractivity contribution in [2.45, 2.75) is 12.6 Å². The lowest BCUT2D eigenvalue weighted by atomic mass is 9.98. The summed E-state index contributed by atoms with van der Waals surface area (Å²) in [4.78, 5) is 15.2. The highest BCUT2D eigenvalue weighted by Crippen LogP contribution is 2.26. The predicted molar refractivity (Wildman–Crippen MR) is 102 cm³/mol. The highest BCUT2D eigenvalue weighted by molar-refractivity contribution is 5.81. The highest BCUT2D eigenvalue weighted by Gasteiger charge is 2.15. The van der Waals surface area contributed by atoms with Crippen molar-refractivity contribution in [3.05, 3.63) is 102 Å². The number of nitrogens with one attached hydrogen (secondary N) is 1. The zero-order chi connectivity index (χ0) is 18.6. The fourth-order valence-corrected chi connectivity index (χ4v) is 3.34. The molecule has 134 valence electrons. The third-order valence-corrected chi connectivity index (χ3v) is 4.63. The van der Waals surface area contributed by atoms with E-state index in [1.807, 2.05) is 72.9 Å². The van der Waals surface area contributed by atoms with Gasteiger partial charge in [0.15, 0.2) is 0 Å². The van der Waals surface area contributed by atoms with Crippen LogP contribution in [-0.4, -0.2) is 15.6 Å². The molecule has 0 fully saturated rings. The molecule has 1 N–H and O–H groups in total.